The van der Waals surface area contributed by atoms with Crippen molar-refractivity contribution in [2.45, 2.75) is 10.6 Å². The number of hydrogen-bond acceptors (Lipinski definition) is 5. The minimum Gasteiger partial charge on any atom is -0.325 e. The monoisotopic (exact) mass is 447 g/mol. The molecule has 0 spiro atoms. The van der Waals surface area contributed by atoms with E-state index in [9.17, 15) is 13.2 Å². The van der Waals surface area contributed by atoms with Gasteiger partial charge in [0, 0.05) is 22.7 Å². The maximum atomic E-state index is 12.4. The molecule has 6 nitrogen and oxygen atoms in total. The van der Waals surface area contributed by atoms with E-state index in [1.54, 1.807) is 36.4 Å². The fourth-order valence-electron chi connectivity index (χ4n) is 2.42. The van der Waals surface area contributed by atoms with E-state index in [1.807, 2.05) is 18.2 Å². The van der Waals surface area contributed by atoms with Crippen molar-refractivity contribution in [2.75, 3.05) is 15.8 Å². The van der Waals surface area contributed by atoms with E-state index in [0.29, 0.717) is 16.5 Å². The number of aromatic nitrogens is 1. The summed E-state index contributed by atoms with van der Waals surface area (Å²) in [4.78, 5) is 16.1. The van der Waals surface area contributed by atoms with Crippen LogP contribution in [0.5, 0.6) is 0 Å². The number of halogens is 1. The first-order valence-electron chi connectivity index (χ1n) is 8.58. The number of sulfonamides is 1. The van der Waals surface area contributed by atoms with E-state index in [1.165, 1.54) is 30.1 Å². The molecule has 0 bridgehead atoms. The van der Waals surface area contributed by atoms with Crippen LogP contribution in [0.4, 0.5) is 11.5 Å². The van der Waals surface area contributed by atoms with Crippen LogP contribution >= 0.6 is 23.4 Å². The van der Waals surface area contributed by atoms with E-state index in [4.69, 9.17) is 11.6 Å². The summed E-state index contributed by atoms with van der Waals surface area (Å²) < 4.78 is 27.2. The summed E-state index contributed by atoms with van der Waals surface area (Å²) in [6, 6.07) is 18.4. The van der Waals surface area contributed by atoms with Gasteiger partial charge in [-0.2, -0.15) is 0 Å². The van der Waals surface area contributed by atoms with Crippen LogP contribution in [0, 0.1) is 0 Å². The van der Waals surface area contributed by atoms with Crippen LogP contribution < -0.4 is 10.0 Å². The third-order valence-corrected chi connectivity index (χ3v) is 6.35. The largest absolute Gasteiger partial charge is 0.325 e. The maximum absolute atomic E-state index is 12.4. The van der Waals surface area contributed by atoms with E-state index >= 15 is 0 Å². The number of pyridine rings is 1. The fraction of sp³-hybridized carbons (Fsp3) is 0.100. The molecule has 1 heterocycles. The van der Waals surface area contributed by atoms with Crippen LogP contribution in [-0.2, 0) is 20.6 Å². The van der Waals surface area contributed by atoms with Crippen molar-refractivity contribution in [3.8, 4) is 0 Å². The van der Waals surface area contributed by atoms with Gasteiger partial charge in [-0.25, -0.2) is 13.4 Å². The van der Waals surface area contributed by atoms with Crippen molar-refractivity contribution in [3.05, 3.63) is 83.5 Å². The Kier molecular flexibility index (Phi) is 7.13. The van der Waals surface area contributed by atoms with Gasteiger partial charge in [0.05, 0.1) is 10.6 Å². The Balaban J connectivity index is 1.52. The standard InChI is InChI=1S/C20H18ClN3O3S2/c21-16-5-3-4-15(12-16)13-28-14-20(25)23-17-7-9-18(10-8-17)29(26,27)24-19-6-1-2-11-22-19/h1-12H,13-14H2,(H,22,24)(H,23,25). The second-order valence-electron chi connectivity index (χ2n) is 6.02. The van der Waals surface area contributed by atoms with Gasteiger partial charge in [-0.3, -0.25) is 9.52 Å². The third-order valence-electron chi connectivity index (χ3n) is 3.74. The van der Waals surface area contributed by atoms with Crippen molar-refractivity contribution in [1.82, 2.24) is 4.98 Å². The molecule has 3 aromatic rings. The van der Waals surface area contributed by atoms with Crippen LogP contribution in [0.25, 0.3) is 0 Å². The maximum Gasteiger partial charge on any atom is 0.263 e. The van der Waals surface area contributed by atoms with Gasteiger partial charge in [0.15, 0.2) is 0 Å². The van der Waals surface area contributed by atoms with Crippen LogP contribution in [0.15, 0.2) is 77.8 Å². The SMILES string of the molecule is O=C(CSCc1cccc(Cl)c1)Nc1ccc(S(=O)(=O)Nc2ccccn2)cc1. The summed E-state index contributed by atoms with van der Waals surface area (Å²) in [5.74, 6) is 1.01. The highest BCUT2D eigenvalue weighted by Crippen LogP contribution is 2.19. The molecular weight excluding hydrogens is 430 g/mol. The predicted molar refractivity (Wildman–Crippen MR) is 118 cm³/mol. The van der Waals surface area contributed by atoms with Gasteiger partial charge in [-0.15, -0.1) is 11.8 Å². The van der Waals surface area contributed by atoms with Gasteiger partial charge >= 0.3 is 0 Å². The molecule has 1 amide bonds. The van der Waals surface area contributed by atoms with Gasteiger partial charge in [-0.1, -0.05) is 29.8 Å². The zero-order valence-electron chi connectivity index (χ0n) is 15.2. The zero-order chi connectivity index (χ0) is 20.7. The Bertz CT molecular complexity index is 1080. The number of amides is 1. The Hall–Kier alpha value is -2.55. The fourth-order valence-corrected chi connectivity index (χ4v) is 4.42. The molecule has 0 unspecified atom stereocenters. The van der Waals surface area contributed by atoms with E-state index in [-0.39, 0.29) is 22.4 Å². The molecule has 9 heteroatoms. The van der Waals surface area contributed by atoms with E-state index in [2.05, 4.69) is 15.0 Å². The minimum atomic E-state index is -3.75. The quantitative estimate of drug-likeness (QED) is 0.534. The zero-order valence-corrected chi connectivity index (χ0v) is 17.6. The first kappa shape index (κ1) is 21.2. The van der Waals surface area contributed by atoms with Gasteiger partial charge in [0.2, 0.25) is 5.91 Å². The highest BCUT2D eigenvalue weighted by atomic mass is 35.5. The molecule has 0 saturated carbocycles. The second kappa shape index (κ2) is 9.78. The number of nitrogens with zero attached hydrogens (tertiary/aromatic N) is 1. The highest BCUT2D eigenvalue weighted by molar-refractivity contribution is 7.99. The van der Waals surface area contributed by atoms with Crippen molar-refractivity contribution < 1.29 is 13.2 Å². The number of rotatable bonds is 8. The molecule has 150 valence electrons. The lowest BCUT2D eigenvalue weighted by atomic mass is 10.2. The first-order valence-corrected chi connectivity index (χ1v) is 11.6. The van der Waals surface area contributed by atoms with Crippen molar-refractivity contribution in [1.29, 1.82) is 0 Å². The summed E-state index contributed by atoms with van der Waals surface area (Å²) in [6.07, 6.45) is 1.50. The number of carbonyl (C=O) groups is 1. The second-order valence-corrected chi connectivity index (χ2v) is 9.12. The summed E-state index contributed by atoms with van der Waals surface area (Å²) in [5.41, 5.74) is 1.57. The lowest BCUT2D eigenvalue weighted by Crippen LogP contribution is -2.15. The van der Waals surface area contributed by atoms with Gasteiger partial charge in [-0.05, 0) is 54.1 Å². The summed E-state index contributed by atoms with van der Waals surface area (Å²) in [5, 5.41) is 3.42. The molecule has 1 aromatic heterocycles. The van der Waals surface area contributed by atoms with Crippen molar-refractivity contribution in [2.24, 2.45) is 0 Å². The molecule has 2 N–H and O–H groups in total. The Morgan fingerprint density at radius 1 is 1.03 bits per heavy atom. The van der Waals surface area contributed by atoms with Gasteiger partial charge < -0.3 is 5.32 Å². The van der Waals surface area contributed by atoms with Crippen molar-refractivity contribution in [3.63, 3.8) is 0 Å². The molecule has 0 atom stereocenters. The number of hydrogen-bond donors (Lipinski definition) is 2. The lowest BCUT2D eigenvalue weighted by molar-refractivity contribution is -0.113. The van der Waals surface area contributed by atoms with Crippen LogP contribution in [0.3, 0.4) is 0 Å². The topological polar surface area (TPSA) is 88.2 Å². The predicted octanol–water partition coefficient (Wildman–Crippen LogP) is 4.41. The number of benzene rings is 2. The molecule has 0 fully saturated rings. The Labute approximate surface area is 178 Å². The third kappa shape index (κ3) is 6.49. The minimum absolute atomic E-state index is 0.0801. The first-order chi connectivity index (χ1) is 13.9. The molecule has 0 saturated heterocycles. The summed E-state index contributed by atoms with van der Waals surface area (Å²) >= 11 is 7.41. The summed E-state index contributed by atoms with van der Waals surface area (Å²) in [7, 11) is -3.75. The molecule has 29 heavy (non-hydrogen) atoms. The summed E-state index contributed by atoms with van der Waals surface area (Å²) in [6.45, 7) is 0. The smallest absolute Gasteiger partial charge is 0.263 e. The molecule has 0 aliphatic heterocycles. The van der Waals surface area contributed by atoms with Crippen LogP contribution in [-0.4, -0.2) is 25.1 Å². The van der Waals surface area contributed by atoms with Gasteiger partial charge in [0.25, 0.3) is 10.0 Å². The molecular formula is C20H18ClN3O3S2. The normalized spacial score (nSPS) is 11.1. The molecule has 0 aliphatic rings. The average molecular weight is 448 g/mol. The van der Waals surface area contributed by atoms with Crippen LogP contribution in [0.1, 0.15) is 5.56 Å². The Morgan fingerprint density at radius 2 is 1.83 bits per heavy atom. The number of carbonyl (C=O) groups excluding carboxylic acids is 1. The Morgan fingerprint density at radius 3 is 2.52 bits per heavy atom. The molecule has 0 radical (unpaired) electrons. The lowest BCUT2D eigenvalue weighted by Gasteiger charge is -2.09. The number of nitrogens with one attached hydrogen (secondary N) is 2. The van der Waals surface area contributed by atoms with Crippen molar-refractivity contribution >= 4 is 50.8 Å². The highest BCUT2D eigenvalue weighted by Gasteiger charge is 2.14. The average Bonchev–Trinajstić information content (AvgIpc) is 2.69. The number of thioether (sulfide) groups is 1. The van der Waals surface area contributed by atoms with E-state index in [0.717, 1.165) is 5.56 Å². The van der Waals surface area contributed by atoms with E-state index < -0.39 is 10.0 Å². The molecule has 0 aliphatic carbocycles. The van der Waals surface area contributed by atoms with Crippen LogP contribution in [0.2, 0.25) is 5.02 Å². The number of anilines is 2. The van der Waals surface area contributed by atoms with Gasteiger partial charge in [0.1, 0.15) is 5.82 Å². The molecule has 3 rings (SSSR count). The molecule has 2 aromatic carbocycles.